The number of hydrogen-bond acceptors (Lipinski definition) is 1. The van der Waals surface area contributed by atoms with Gasteiger partial charge in [0.1, 0.15) is 0 Å². The van der Waals surface area contributed by atoms with Crippen molar-refractivity contribution < 1.29 is 0 Å². The molecule has 0 bridgehead atoms. The lowest BCUT2D eigenvalue weighted by Gasteiger charge is -2.37. The lowest BCUT2D eigenvalue weighted by atomic mass is 9.84. The van der Waals surface area contributed by atoms with Crippen LogP contribution in [0.3, 0.4) is 0 Å². The molecule has 2 nitrogen and oxygen atoms in total. The second-order valence-electron chi connectivity index (χ2n) is 3.92. The fraction of sp³-hybridized carbons (Fsp3) is 0.667. The van der Waals surface area contributed by atoms with Crippen molar-refractivity contribution in [2.24, 2.45) is 5.41 Å². The quantitative estimate of drug-likeness (QED) is 0.613. The van der Waals surface area contributed by atoms with Crippen LogP contribution in [0.1, 0.15) is 26.7 Å². The number of likely N-dealkylation sites (tertiary alicyclic amines) is 1. The van der Waals surface area contributed by atoms with Crippen LogP contribution in [0.25, 0.3) is 0 Å². The van der Waals surface area contributed by atoms with E-state index in [2.05, 4.69) is 20.4 Å². The summed E-state index contributed by atoms with van der Waals surface area (Å²) in [7, 11) is 0. The van der Waals surface area contributed by atoms with E-state index < -0.39 is 0 Å². The van der Waals surface area contributed by atoms with Crippen molar-refractivity contribution in [1.82, 2.24) is 4.90 Å². The zero-order valence-electron chi connectivity index (χ0n) is 7.35. The molecule has 0 spiro atoms. The molecule has 0 saturated carbocycles. The van der Waals surface area contributed by atoms with Gasteiger partial charge in [0.05, 0.1) is 5.84 Å². The summed E-state index contributed by atoms with van der Waals surface area (Å²) in [6.07, 6.45) is 3.76. The third kappa shape index (κ3) is 1.82. The molecule has 11 heavy (non-hydrogen) atoms. The Morgan fingerprint density at radius 3 is 2.73 bits per heavy atom. The van der Waals surface area contributed by atoms with Gasteiger partial charge < -0.3 is 4.90 Å². The van der Waals surface area contributed by atoms with Crippen molar-refractivity contribution in [3.05, 3.63) is 12.8 Å². The fourth-order valence-electron chi connectivity index (χ4n) is 1.41. The van der Waals surface area contributed by atoms with Crippen molar-refractivity contribution in [3.63, 3.8) is 0 Å². The molecule has 0 aromatic carbocycles. The molecule has 1 aliphatic heterocycles. The largest absolute Gasteiger partial charge is 0.337 e. The van der Waals surface area contributed by atoms with Gasteiger partial charge in [0.2, 0.25) is 0 Å². The van der Waals surface area contributed by atoms with Crippen molar-refractivity contribution in [1.29, 1.82) is 5.41 Å². The highest BCUT2D eigenvalue weighted by Crippen LogP contribution is 2.28. The molecule has 1 heterocycles. The monoisotopic (exact) mass is 152 g/mol. The highest BCUT2D eigenvalue weighted by Gasteiger charge is 2.27. The van der Waals surface area contributed by atoms with Gasteiger partial charge in [0.15, 0.2) is 0 Å². The van der Waals surface area contributed by atoms with E-state index in [0.29, 0.717) is 11.3 Å². The van der Waals surface area contributed by atoms with Crippen LogP contribution in [0, 0.1) is 10.8 Å². The maximum atomic E-state index is 7.58. The summed E-state index contributed by atoms with van der Waals surface area (Å²) >= 11 is 0. The van der Waals surface area contributed by atoms with Gasteiger partial charge in [-0.25, -0.2) is 0 Å². The van der Waals surface area contributed by atoms with Crippen LogP contribution in [-0.4, -0.2) is 17.3 Å². The predicted molar refractivity (Wildman–Crippen MR) is 47.6 cm³/mol. The number of rotatable bonds is 1. The number of piperidine rings is 1. The Labute approximate surface area is 68.4 Å². The predicted octanol–water partition coefficient (Wildman–Crippen LogP) is 2.23. The van der Waals surface area contributed by atoms with Gasteiger partial charge in [-0.3, -0.25) is 5.41 Å². The zero-order valence-corrected chi connectivity index (χ0v) is 7.35. The van der Waals surface area contributed by atoms with Crippen LogP contribution in [0.2, 0.25) is 0 Å². The van der Waals surface area contributed by atoms with Crippen molar-refractivity contribution in [2.45, 2.75) is 26.7 Å². The number of nitrogens with one attached hydrogen (secondary N) is 1. The Balaban J connectivity index is 2.65. The molecule has 0 unspecified atom stereocenters. The summed E-state index contributed by atoms with van der Waals surface area (Å²) in [5.41, 5.74) is 0.346. The van der Waals surface area contributed by atoms with Crippen LogP contribution in [0.5, 0.6) is 0 Å². The van der Waals surface area contributed by atoms with E-state index in [1.807, 2.05) is 4.90 Å². The Morgan fingerprint density at radius 2 is 2.27 bits per heavy atom. The average molecular weight is 152 g/mol. The van der Waals surface area contributed by atoms with Gasteiger partial charge >= 0.3 is 0 Å². The van der Waals surface area contributed by atoms with Gasteiger partial charge in [0, 0.05) is 13.0 Å². The summed E-state index contributed by atoms with van der Waals surface area (Å²) in [5.74, 6) is 0.708. The summed E-state index contributed by atoms with van der Waals surface area (Å²) in [4.78, 5) is 1.93. The third-order valence-electron chi connectivity index (χ3n) is 2.20. The minimum absolute atomic E-state index is 0.346. The molecule has 0 aromatic heterocycles. The highest BCUT2D eigenvalue weighted by molar-refractivity contribution is 5.80. The zero-order chi connectivity index (χ0) is 8.48. The van der Waals surface area contributed by atoms with Crippen LogP contribution in [-0.2, 0) is 0 Å². The van der Waals surface area contributed by atoms with Crippen LogP contribution < -0.4 is 0 Å². The molecule has 0 aromatic rings. The van der Waals surface area contributed by atoms with Crippen LogP contribution in [0.15, 0.2) is 12.8 Å². The van der Waals surface area contributed by atoms with E-state index in [0.717, 1.165) is 19.4 Å². The lowest BCUT2D eigenvalue weighted by molar-refractivity contribution is 0.244. The minimum Gasteiger partial charge on any atom is -0.337 e. The highest BCUT2D eigenvalue weighted by atomic mass is 15.2. The Morgan fingerprint density at radius 1 is 1.64 bits per heavy atom. The first-order valence-corrected chi connectivity index (χ1v) is 4.02. The normalized spacial score (nSPS) is 23.5. The summed E-state index contributed by atoms with van der Waals surface area (Å²) in [5, 5.41) is 7.58. The molecular weight excluding hydrogens is 136 g/mol. The standard InChI is InChI=1S/C9H16N2/c1-4-11-7-9(2,3)6-5-8(11)10/h4,10H,1,5-7H2,2-3H3. The van der Waals surface area contributed by atoms with E-state index in [-0.39, 0.29) is 0 Å². The first-order valence-electron chi connectivity index (χ1n) is 4.02. The molecule has 0 aliphatic carbocycles. The molecule has 0 radical (unpaired) electrons. The van der Waals surface area contributed by atoms with Gasteiger partial charge in [-0.2, -0.15) is 0 Å². The Kier molecular flexibility index (Phi) is 2.03. The molecule has 62 valence electrons. The maximum Gasteiger partial charge on any atom is 0.0998 e. The molecule has 1 fully saturated rings. The van der Waals surface area contributed by atoms with Crippen molar-refractivity contribution in [2.75, 3.05) is 6.54 Å². The first-order chi connectivity index (χ1) is 5.05. The lowest BCUT2D eigenvalue weighted by Crippen LogP contribution is -2.40. The van der Waals surface area contributed by atoms with Crippen molar-refractivity contribution in [3.8, 4) is 0 Å². The smallest absolute Gasteiger partial charge is 0.0998 e. The fourth-order valence-corrected chi connectivity index (χ4v) is 1.41. The van der Waals surface area contributed by atoms with Crippen LogP contribution >= 0.6 is 0 Å². The van der Waals surface area contributed by atoms with E-state index in [9.17, 15) is 0 Å². The molecular formula is C9H16N2. The SMILES string of the molecule is C=CN1CC(C)(C)CCC1=N. The molecule has 1 aliphatic rings. The maximum absolute atomic E-state index is 7.58. The molecule has 1 saturated heterocycles. The van der Waals surface area contributed by atoms with E-state index in [4.69, 9.17) is 5.41 Å². The number of amidine groups is 1. The summed E-state index contributed by atoms with van der Waals surface area (Å²) < 4.78 is 0. The Bertz CT molecular complexity index is 182. The molecule has 0 atom stereocenters. The summed E-state index contributed by atoms with van der Waals surface area (Å²) in [6.45, 7) is 9.09. The molecule has 2 heteroatoms. The molecule has 1 rings (SSSR count). The van der Waals surface area contributed by atoms with Gasteiger partial charge in [-0.15, -0.1) is 0 Å². The van der Waals surface area contributed by atoms with E-state index in [1.54, 1.807) is 6.20 Å². The Hall–Kier alpha value is -0.790. The summed E-state index contributed by atoms with van der Waals surface area (Å²) in [6, 6.07) is 0. The molecule has 1 N–H and O–H groups in total. The second-order valence-corrected chi connectivity index (χ2v) is 3.92. The van der Waals surface area contributed by atoms with Gasteiger partial charge in [0.25, 0.3) is 0 Å². The second kappa shape index (κ2) is 2.68. The van der Waals surface area contributed by atoms with Gasteiger partial charge in [-0.05, 0) is 18.0 Å². The number of nitrogens with zero attached hydrogens (tertiary/aromatic N) is 1. The van der Waals surface area contributed by atoms with Crippen molar-refractivity contribution >= 4 is 5.84 Å². The number of hydrogen-bond donors (Lipinski definition) is 1. The first kappa shape index (κ1) is 8.31. The third-order valence-corrected chi connectivity index (χ3v) is 2.20. The van der Waals surface area contributed by atoms with Gasteiger partial charge in [-0.1, -0.05) is 20.4 Å². The molecule has 0 amide bonds. The van der Waals surface area contributed by atoms with E-state index in [1.165, 1.54) is 0 Å². The van der Waals surface area contributed by atoms with E-state index >= 15 is 0 Å². The topological polar surface area (TPSA) is 27.1 Å². The van der Waals surface area contributed by atoms with Crippen LogP contribution in [0.4, 0.5) is 0 Å². The average Bonchev–Trinajstić information content (AvgIpc) is 1.94. The minimum atomic E-state index is 0.346.